The van der Waals surface area contributed by atoms with E-state index in [-0.39, 0.29) is 23.3 Å². The number of halogens is 1. The first kappa shape index (κ1) is 17.2. The van der Waals surface area contributed by atoms with Crippen molar-refractivity contribution in [2.24, 2.45) is 0 Å². The van der Waals surface area contributed by atoms with Gasteiger partial charge >= 0.3 is 0 Å². The number of benzene rings is 1. The highest BCUT2D eigenvalue weighted by Crippen LogP contribution is 2.27. The molecule has 23 heavy (non-hydrogen) atoms. The third kappa shape index (κ3) is 4.40. The zero-order valence-electron chi connectivity index (χ0n) is 13.1. The fourth-order valence-corrected chi connectivity index (χ4v) is 2.91. The number of nitrogens with one attached hydrogen (secondary N) is 1. The number of phenolic OH excluding ortho intramolecular Hbond substituents is 1. The molecule has 2 N–H and O–H groups in total. The Bertz CT molecular complexity index is 646. The maximum absolute atomic E-state index is 12.5. The summed E-state index contributed by atoms with van der Waals surface area (Å²) >= 11 is 5.87. The van der Waals surface area contributed by atoms with Crippen LogP contribution >= 0.6 is 11.6 Å². The average Bonchev–Trinajstić information content (AvgIpc) is 2.58. The highest BCUT2D eigenvalue weighted by molar-refractivity contribution is 6.30. The van der Waals surface area contributed by atoms with Crippen LogP contribution in [0.15, 0.2) is 30.0 Å². The van der Waals surface area contributed by atoms with Crippen molar-refractivity contribution in [3.05, 3.63) is 35.0 Å². The van der Waals surface area contributed by atoms with Gasteiger partial charge in [-0.1, -0.05) is 30.9 Å². The minimum Gasteiger partial charge on any atom is -0.506 e. The zero-order valence-corrected chi connectivity index (χ0v) is 13.8. The van der Waals surface area contributed by atoms with Crippen molar-refractivity contribution in [1.29, 1.82) is 5.26 Å². The first-order valence-electron chi connectivity index (χ1n) is 7.65. The Labute approximate surface area is 141 Å². The highest BCUT2D eigenvalue weighted by Gasteiger charge is 2.24. The van der Waals surface area contributed by atoms with Crippen molar-refractivity contribution in [3.8, 4) is 11.8 Å². The monoisotopic (exact) mass is 333 g/mol. The summed E-state index contributed by atoms with van der Waals surface area (Å²) in [5, 5.41) is 22.2. The summed E-state index contributed by atoms with van der Waals surface area (Å²) in [6, 6.07) is 6.63. The van der Waals surface area contributed by atoms with Crippen molar-refractivity contribution < 1.29 is 9.90 Å². The van der Waals surface area contributed by atoms with E-state index in [2.05, 4.69) is 5.32 Å². The Hall–Kier alpha value is -2.19. The number of nitrogens with zero attached hydrogens (tertiary/aromatic N) is 2. The molecule has 1 aliphatic rings. The van der Waals surface area contributed by atoms with Crippen LogP contribution in [0.5, 0.6) is 5.75 Å². The maximum Gasteiger partial charge on any atom is 0.266 e. The lowest BCUT2D eigenvalue weighted by atomic mass is 9.94. The van der Waals surface area contributed by atoms with E-state index in [9.17, 15) is 15.2 Å². The number of amides is 1. The van der Waals surface area contributed by atoms with Gasteiger partial charge in [0.15, 0.2) is 0 Å². The van der Waals surface area contributed by atoms with Gasteiger partial charge in [0.2, 0.25) is 0 Å². The van der Waals surface area contributed by atoms with Crippen molar-refractivity contribution in [3.63, 3.8) is 0 Å². The summed E-state index contributed by atoms with van der Waals surface area (Å²) in [5.41, 5.74) is 0.343. The third-order valence-corrected chi connectivity index (χ3v) is 4.36. The fourth-order valence-electron chi connectivity index (χ4n) is 2.74. The van der Waals surface area contributed by atoms with E-state index < -0.39 is 0 Å². The van der Waals surface area contributed by atoms with Gasteiger partial charge in [0.1, 0.15) is 17.4 Å². The minimum atomic E-state index is -0.312. The number of hydrogen-bond acceptors (Lipinski definition) is 4. The number of likely N-dealkylation sites (N-methyl/N-ethyl adjacent to an activating group) is 1. The number of carbonyl (C=O) groups is 1. The van der Waals surface area contributed by atoms with Gasteiger partial charge in [-0.15, -0.1) is 0 Å². The molecule has 0 heterocycles. The second-order valence-electron chi connectivity index (χ2n) is 5.68. The molecule has 0 aromatic heterocycles. The maximum atomic E-state index is 12.5. The first-order chi connectivity index (χ1) is 11.0. The van der Waals surface area contributed by atoms with Crippen LogP contribution in [0.1, 0.15) is 32.1 Å². The fraction of sp³-hybridized carbons (Fsp3) is 0.412. The lowest BCUT2D eigenvalue weighted by Gasteiger charge is -2.31. The molecule has 2 rings (SSSR count). The lowest BCUT2D eigenvalue weighted by Crippen LogP contribution is -2.39. The Balaban J connectivity index is 2.10. The normalized spacial score (nSPS) is 15.8. The summed E-state index contributed by atoms with van der Waals surface area (Å²) in [6.45, 7) is 0. The van der Waals surface area contributed by atoms with E-state index in [1.807, 2.05) is 6.07 Å². The quantitative estimate of drug-likeness (QED) is 0.501. The Morgan fingerprint density at radius 2 is 2.13 bits per heavy atom. The molecule has 0 saturated heterocycles. The van der Waals surface area contributed by atoms with Gasteiger partial charge in [0, 0.05) is 24.3 Å². The number of carbonyl (C=O) groups excluding carboxylic acids is 1. The highest BCUT2D eigenvalue weighted by atomic mass is 35.5. The molecular formula is C17H20ClN3O2. The van der Waals surface area contributed by atoms with Crippen LogP contribution in [-0.4, -0.2) is 29.0 Å². The summed E-state index contributed by atoms with van der Waals surface area (Å²) < 4.78 is 0. The van der Waals surface area contributed by atoms with E-state index in [0.29, 0.717) is 10.7 Å². The van der Waals surface area contributed by atoms with Gasteiger partial charge < -0.3 is 15.3 Å². The van der Waals surface area contributed by atoms with Crippen LogP contribution in [-0.2, 0) is 4.79 Å². The molecule has 1 aromatic rings. The Morgan fingerprint density at radius 1 is 1.43 bits per heavy atom. The average molecular weight is 334 g/mol. The first-order valence-corrected chi connectivity index (χ1v) is 8.03. The molecule has 1 aromatic carbocycles. The van der Waals surface area contributed by atoms with Gasteiger partial charge in [-0.05, 0) is 31.0 Å². The smallest absolute Gasteiger partial charge is 0.266 e. The van der Waals surface area contributed by atoms with E-state index in [4.69, 9.17) is 11.6 Å². The summed E-state index contributed by atoms with van der Waals surface area (Å²) in [6.07, 6.45) is 6.69. The molecule has 0 unspecified atom stereocenters. The lowest BCUT2D eigenvalue weighted by molar-refractivity contribution is -0.128. The van der Waals surface area contributed by atoms with Gasteiger partial charge in [-0.2, -0.15) is 5.26 Å². The minimum absolute atomic E-state index is 0.00236. The summed E-state index contributed by atoms with van der Waals surface area (Å²) in [5.74, 6) is -0.315. The Morgan fingerprint density at radius 3 is 2.78 bits per heavy atom. The van der Waals surface area contributed by atoms with Crippen LogP contribution < -0.4 is 5.32 Å². The molecule has 0 radical (unpaired) electrons. The number of anilines is 1. The van der Waals surface area contributed by atoms with Crippen LogP contribution in [0.25, 0.3) is 0 Å². The van der Waals surface area contributed by atoms with Crippen molar-refractivity contribution in [1.82, 2.24) is 4.90 Å². The molecule has 0 spiro atoms. The van der Waals surface area contributed by atoms with Gasteiger partial charge in [-0.25, -0.2) is 0 Å². The molecule has 0 atom stereocenters. The van der Waals surface area contributed by atoms with Crippen molar-refractivity contribution in [2.45, 2.75) is 38.1 Å². The molecule has 0 bridgehead atoms. The van der Waals surface area contributed by atoms with Crippen molar-refractivity contribution in [2.75, 3.05) is 12.4 Å². The number of phenols is 1. The van der Waals surface area contributed by atoms with Crippen molar-refractivity contribution >= 4 is 23.2 Å². The topological polar surface area (TPSA) is 76.4 Å². The van der Waals surface area contributed by atoms with E-state index in [0.717, 1.165) is 25.7 Å². The number of aromatic hydroxyl groups is 1. The molecule has 0 aliphatic heterocycles. The van der Waals surface area contributed by atoms with Crippen LogP contribution in [0, 0.1) is 11.3 Å². The van der Waals surface area contributed by atoms with Gasteiger partial charge in [0.05, 0.1) is 5.69 Å². The van der Waals surface area contributed by atoms with E-state index in [1.165, 1.54) is 24.8 Å². The molecule has 1 amide bonds. The van der Waals surface area contributed by atoms with Crippen LogP contribution in [0.2, 0.25) is 5.02 Å². The molecule has 1 fully saturated rings. The van der Waals surface area contributed by atoms with Crippen LogP contribution in [0.4, 0.5) is 5.69 Å². The third-order valence-electron chi connectivity index (χ3n) is 4.12. The number of rotatable bonds is 4. The van der Waals surface area contributed by atoms with Gasteiger partial charge in [0.25, 0.3) is 5.91 Å². The predicted molar refractivity (Wildman–Crippen MR) is 90.1 cm³/mol. The number of nitriles is 1. The zero-order chi connectivity index (χ0) is 16.8. The van der Waals surface area contributed by atoms with Gasteiger partial charge in [-0.3, -0.25) is 4.79 Å². The van der Waals surface area contributed by atoms with E-state index in [1.54, 1.807) is 18.0 Å². The second kappa shape index (κ2) is 7.89. The molecule has 1 aliphatic carbocycles. The predicted octanol–water partition coefficient (Wildman–Crippen LogP) is 3.66. The SMILES string of the molecule is CN(C(=O)/C(C#N)=C\Nc1cc(Cl)ccc1O)C1CCCCC1. The molecular weight excluding hydrogens is 314 g/mol. The van der Waals surface area contributed by atoms with Crippen LogP contribution in [0.3, 0.4) is 0 Å². The second-order valence-corrected chi connectivity index (χ2v) is 6.12. The molecule has 122 valence electrons. The largest absolute Gasteiger partial charge is 0.506 e. The van der Waals surface area contributed by atoms with E-state index >= 15 is 0 Å². The molecule has 1 saturated carbocycles. The standard InChI is InChI=1S/C17H20ClN3O2/c1-21(14-5-3-2-4-6-14)17(23)12(10-19)11-20-15-9-13(18)7-8-16(15)22/h7-9,11,14,20,22H,2-6H2,1H3/b12-11-. The summed E-state index contributed by atoms with van der Waals surface area (Å²) in [4.78, 5) is 14.1. The Kier molecular flexibility index (Phi) is 5.89. The number of hydrogen-bond donors (Lipinski definition) is 2. The molecule has 5 nitrogen and oxygen atoms in total. The summed E-state index contributed by atoms with van der Waals surface area (Å²) in [7, 11) is 1.74. The molecule has 6 heteroatoms.